The third kappa shape index (κ3) is 5.01. The Bertz CT molecular complexity index is 235. The van der Waals surface area contributed by atoms with Gasteiger partial charge in [-0.25, -0.2) is 0 Å². The molecule has 2 rings (SSSR count). The number of unbranched alkanes of at least 4 members (excludes halogenated alkanes) is 2. The minimum absolute atomic E-state index is 0.859. The quantitative estimate of drug-likeness (QED) is 0.704. The molecule has 2 fully saturated rings. The molecule has 0 amide bonds. The standard InChI is InChI=1S/C17H35N3/c1-3-5-12-18-14-19(13-6-4-2)16-20(15-18)17-10-8-7-9-11-17/h17H,3-16H2,1-2H3. The van der Waals surface area contributed by atoms with E-state index in [0.717, 1.165) is 6.04 Å². The predicted octanol–water partition coefficient (Wildman–Crippen LogP) is 3.71. The Hall–Kier alpha value is -0.120. The average molecular weight is 281 g/mol. The van der Waals surface area contributed by atoms with Crippen LogP contribution in [0.25, 0.3) is 0 Å². The first-order chi connectivity index (χ1) is 9.83. The van der Waals surface area contributed by atoms with Gasteiger partial charge in [0, 0.05) is 19.1 Å². The molecule has 0 aromatic rings. The van der Waals surface area contributed by atoms with Crippen LogP contribution in [0, 0.1) is 0 Å². The number of rotatable bonds is 7. The summed E-state index contributed by atoms with van der Waals surface area (Å²) in [5.41, 5.74) is 0. The lowest BCUT2D eigenvalue weighted by Crippen LogP contribution is -2.58. The average Bonchev–Trinajstić information content (AvgIpc) is 2.51. The molecular weight excluding hydrogens is 246 g/mol. The van der Waals surface area contributed by atoms with Gasteiger partial charge in [-0.15, -0.1) is 0 Å². The van der Waals surface area contributed by atoms with E-state index >= 15 is 0 Å². The minimum Gasteiger partial charge on any atom is -0.277 e. The lowest BCUT2D eigenvalue weighted by Gasteiger charge is -2.46. The second-order valence-electron chi connectivity index (χ2n) is 6.80. The molecule has 20 heavy (non-hydrogen) atoms. The van der Waals surface area contributed by atoms with Crippen molar-refractivity contribution in [2.45, 2.75) is 77.7 Å². The molecule has 2 aliphatic rings. The highest BCUT2D eigenvalue weighted by Gasteiger charge is 2.28. The van der Waals surface area contributed by atoms with Crippen molar-refractivity contribution in [3.05, 3.63) is 0 Å². The first-order valence-electron chi connectivity index (χ1n) is 9.02. The van der Waals surface area contributed by atoms with E-state index in [1.165, 1.54) is 90.9 Å². The lowest BCUT2D eigenvalue weighted by atomic mass is 9.94. The van der Waals surface area contributed by atoms with Crippen LogP contribution < -0.4 is 0 Å². The molecule has 1 heterocycles. The molecule has 3 nitrogen and oxygen atoms in total. The van der Waals surface area contributed by atoms with Crippen molar-refractivity contribution in [2.24, 2.45) is 0 Å². The monoisotopic (exact) mass is 281 g/mol. The molecule has 1 aliphatic carbocycles. The molecule has 0 spiro atoms. The summed E-state index contributed by atoms with van der Waals surface area (Å²) in [4.78, 5) is 8.13. The highest BCUT2D eigenvalue weighted by atomic mass is 15.5. The summed E-state index contributed by atoms with van der Waals surface area (Å²) in [5, 5.41) is 0. The van der Waals surface area contributed by atoms with Crippen molar-refractivity contribution in [1.29, 1.82) is 0 Å². The van der Waals surface area contributed by atoms with Crippen molar-refractivity contribution in [1.82, 2.24) is 14.7 Å². The van der Waals surface area contributed by atoms with Gasteiger partial charge >= 0.3 is 0 Å². The summed E-state index contributed by atoms with van der Waals surface area (Å²) in [5.74, 6) is 0. The van der Waals surface area contributed by atoms with Crippen molar-refractivity contribution in [3.8, 4) is 0 Å². The zero-order valence-corrected chi connectivity index (χ0v) is 13.8. The van der Waals surface area contributed by atoms with Gasteiger partial charge in [0.25, 0.3) is 0 Å². The third-order valence-electron chi connectivity index (χ3n) is 4.91. The highest BCUT2D eigenvalue weighted by Crippen LogP contribution is 2.24. The smallest absolute Gasteiger partial charge is 0.0532 e. The van der Waals surface area contributed by atoms with E-state index < -0.39 is 0 Å². The summed E-state index contributed by atoms with van der Waals surface area (Å²) < 4.78 is 0. The minimum atomic E-state index is 0.859. The molecule has 118 valence electrons. The first kappa shape index (κ1) is 16.3. The lowest BCUT2D eigenvalue weighted by molar-refractivity contribution is -0.0575. The summed E-state index contributed by atoms with van der Waals surface area (Å²) in [6, 6.07) is 0.859. The maximum absolute atomic E-state index is 2.77. The molecule has 0 radical (unpaired) electrons. The van der Waals surface area contributed by atoms with E-state index in [1.807, 2.05) is 0 Å². The van der Waals surface area contributed by atoms with E-state index in [2.05, 4.69) is 28.5 Å². The Balaban J connectivity index is 1.87. The number of nitrogens with zero attached hydrogens (tertiary/aromatic N) is 3. The van der Waals surface area contributed by atoms with E-state index in [1.54, 1.807) is 0 Å². The van der Waals surface area contributed by atoms with Gasteiger partial charge in [0.05, 0.1) is 20.0 Å². The van der Waals surface area contributed by atoms with Gasteiger partial charge < -0.3 is 0 Å². The molecule has 0 bridgehead atoms. The molecular formula is C17H35N3. The van der Waals surface area contributed by atoms with Gasteiger partial charge in [0.15, 0.2) is 0 Å². The van der Waals surface area contributed by atoms with Gasteiger partial charge in [-0.3, -0.25) is 14.7 Å². The van der Waals surface area contributed by atoms with Crippen LogP contribution in [0.15, 0.2) is 0 Å². The Labute approximate surface area is 126 Å². The van der Waals surface area contributed by atoms with Crippen LogP contribution in [0.1, 0.15) is 71.6 Å². The second-order valence-corrected chi connectivity index (χ2v) is 6.80. The molecule has 0 aromatic carbocycles. The van der Waals surface area contributed by atoms with Crippen molar-refractivity contribution < 1.29 is 0 Å². The molecule has 3 heteroatoms. The summed E-state index contributed by atoms with van der Waals surface area (Å²) in [6.45, 7) is 10.8. The largest absolute Gasteiger partial charge is 0.277 e. The number of hydrogen-bond acceptors (Lipinski definition) is 3. The number of hydrogen-bond donors (Lipinski definition) is 0. The summed E-state index contributed by atoms with van der Waals surface area (Å²) in [7, 11) is 0. The Morgan fingerprint density at radius 3 is 1.80 bits per heavy atom. The van der Waals surface area contributed by atoms with E-state index in [0.29, 0.717) is 0 Å². The van der Waals surface area contributed by atoms with E-state index in [4.69, 9.17) is 0 Å². The zero-order chi connectivity index (χ0) is 14.2. The van der Waals surface area contributed by atoms with Crippen LogP contribution >= 0.6 is 0 Å². The molecule has 0 atom stereocenters. The van der Waals surface area contributed by atoms with Gasteiger partial charge in [-0.05, 0) is 25.7 Å². The van der Waals surface area contributed by atoms with Gasteiger partial charge in [-0.2, -0.15) is 0 Å². The second kappa shape index (κ2) is 9.01. The van der Waals surface area contributed by atoms with E-state index in [-0.39, 0.29) is 0 Å². The fourth-order valence-electron chi connectivity index (χ4n) is 3.65. The zero-order valence-electron chi connectivity index (χ0n) is 13.8. The molecule has 0 unspecified atom stereocenters. The highest BCUT2D eigenvalue weighted by molar-refractivity contribution is 4.79. The maximum Gasteiger partial charge on any atom is 0.0532 e. The van der Waals surface area contributed by atoms with Crippen molar-refractivity contribution in [3.63, 3.8) is 0 Å². The molecule has 1 saturated carbocycles. The fraction of sp³-hybridized carbons (Fsp3) is 1.00. The SMILES string of the molecule is CCCCN1CN(CCCC)CN(C2CCCCC2)C1. The maximum atomic E-state index is 2.77. The van der Waals surface area contributed by atoms with Crippen LogP contribution in [-0.4, -0.2) is 53.8 Å². The summed E-state index contributed by atoms with van der Waals surface area (Å²) in [6.07, 6.45) is 12.6. The van der Waals surface area contributed by atoms with Crippen LogP contribution in [-0.2, 0) is 0 Å². The van der Waals surface area contributed by atoms with Crippen LogP contribution in [0.3, 0.4) is 0 Å². The Morgan fingerprint density at radius 2 is 1.30 bits per heavy atom. The van der Waals surface area contributed by atoms with Crippen LogP contribution in [0.4, 0.5) is 0 Å². The van der Waals surface area contributed by atoms with Gasteiger partial charge in [0.1, 0.15) is 0 Å². The predicted molar refractivity (Wildman–Crippen MR) is 86.5 cm³/mol. The van der Waals surface area contributed by atoms with Gasteiger partial charge in [0.2, 0.25) is 0 Å². The molecule has 0 aromatic heterocycles. The topological polar surface area (TPSA) is 9.72 Å². The van der Waals surface area contributed by atoms with Crippen molar-refractivity contribution in [2.75, 3.05) is 33.1 Å². The van der Waals surface area contributed by atoms with Crippen molar-refractivity contribution >= 4 is 0 Å². The summed E-state index contributed by atoms with van der Waals surface area (Å²) >= 11 is 0. The van der Waals surface area contributed by atoms with Crippen LogP contribution in [0.5, 0.6) is 0 Å². The van der Waals surface area contributed by atoms with Gasteiger partial charge in [-0.1, -0.05) is 46.0 Å². The fourth-order valence-corrected chi connectivity index (χ4v) is 3.65. The van der Waals surface area contributed by atoms with E-state index in [9.17, 15) is 0 Å². The molecule has 1 saturated heterocycles. The molecule has 0 N–H and O–H groups in total. The van der Waals surface area contributed by atoms with Crippen LogP contribution in [0.2, 0.25) is 0 Å². The normalized spacial score (nSPS) is 24.3. The Morgan fingerprint density at radius 1 is 0.750 bits per heavy atom. The molecule has 1 aliphatic heterocycles. The third-order valence-corrected chi connectivity index (χ3v) is 4.91. The Kier molecular flexibility index (Phi) is 7.32. The first-order valence-corrected chi connectivity index (χ1v) is 9.02.